The van der Waals surface area contributed by atoms with E-state index in [1.165, 1.54) is 12.8 Å². The third-order valence-corrected chi connectivity index (χ3v) is 4.04. The number of carbonyl (C=O) groups excluding carboxylic acids is 1. The Morgan fingerprint density at radius 3 is 3.00 bits per heavy atom. The molecule has 1 atom stereocenters. The minimum atomic E-state index is -0.0571. The molecule has 0 radical (unpaired) electrons. The monoisotopic (exact) mass is 295 g/mol. The van der Waals surface area contributed by atoms with Crippen LogP contribution in [0.3, 0.4) is 0 Å². The molecule has 0 unspecified atom stereocenters. The molecule has 1 spiro atoms. The lowest BCUT2D eigenvalue weighted by atomic mass is 10.0. The van der Waals surface area contributed by atoms with Gasteiger partial charge in [-0.2, -0.15) is 0 Å². The van der Waals surface area contributed by atoms with E-state index in [2.05, 4.69) is 31.5 Å². The fourth-order valence-electron chi connectivity index (χ4n) is 2.35. The Hall–Kier alpha value is -0.940. The number of hydrogen-bond acceptors (Lipinski definition) is 3. The highest BCUT2D eigenvalue weighted by atomic mass is 79.9. The zero-order valence-corrected chi connectivity index (χ0v) is 11.0. The maximum absolute atomic E-state index is 12.0. The summed E-state index contributed by atoms with van der Waals surface area (Å²) in [4.78, 5) is 16.2. The SMILES string of the molecule is O=C(Nc1cccc(Br)n1)[C@@H]1CC2(CC2)CN1. The summed E-state index contributed by atoms with van der Waals surface area (Å²) in [5.41, 5.74) is 0.437. The van der Waals surface area contributed by atoms with E-state index in [1.54, 1.807) is 6.07 Å². The van der Waals surface area contributed by atoms with Crippen molar-refractivity contribution in [1.82, 2.24) is 10.3 Å². The summed E-state index contributed by atoms with van der Waals surface area (Å²) < 4.78 is 0.730. The van der Waals surface area contributed by atoms with Crippen LogP contribution in [0.1, 0.15) is 19.3 Å². The average molecular weight is 296 g/mol. The first-order valence-corrected chi connectivity index (χ1v) is 6.63. The van der Waals surface area contributed by atoms with Gasteiger partial charge in [-0.15, -0.1) is 0 Å². The van der Waals surface area contributed by atoms with Gasteiger partial charge in [0.1, 0.15) is 10.4 Å². The van der Waals surface area contributed by atoms with E-state index >= 15 is 0 Å². The van der Waals surface area contributed by atoms with Gasteiger partial charge in [-0.3, -0.25) is 4.79 Å². The summed E-state index contributed by atoms with van der Waals surface area (Å²) in [5, 5.41) is 6.14. The largest absolute Gasteiger partial charge is 0.309 e. The van der Waals surface area contributed by atoms with Crippen LogP contribution >= 0.6 is 15.9 Å². The summed E-state index contributed by atoms with van der Waals surface area (Å²) in [6.07, 6.45) is 3.49. The Balaban J connectivity index is 1.63. The van der Waals surface area contributed by atoms with E-state index in [1.807, 2.05) is 12.1 Å². The second-order valence-electron chi connectivity index (χ2n) is 4.97. The maximum atomic E-state index is 12.0. The summed E-state index contributed by atoms with van der Waals surface area (Å²) in [7, 11) is 0. The number of rotatable bonds is 2. The lowest BCUT2D eigenvalue weighted by Crippen LogP contribution is -2.35. The number of pyridine rings is 1. The smallest absolute Gasteiger partial charge is 0.242 e. The van der Waals surface area contributed by atoms with E-state index in [0.29, 0.717) is 11.2 Å². The number of hydrogen-bond donors (Lipinski definition) is 2. The topological polar surface area (TPSA) is 54.0 Å². The minimum Gasteiger partial charge on any atom is -0.309 e. The normalized spacial score (nSPS) is 24.9. The lowest BCUT2D eigenvalue weighted by molar-refractivity contribution is -0.117. The van der Waals surface area contributed by atoms with Crippen molar-refractivity contribution in [2.45, 2.75) is 25.3 Å². The number of nitrogens with zero attached hydrogens (tertiary/aromatic N) is 1. The Labute approximate surface area is 108 Å². The third-order valence-electron chi connectivity index (χ3n) is 3.60. The molecule has 4 nitrogen and oxygen atoms in total. The Bertz CT molecular complexity index is 459. The first-order chi connectivity index (χ1) is 8.17. The molecule has 1 saturated heterocycles. The van der Waals surface area contributed by atoms with Crippen LogP contribution in [0.25, 0.3) is 0 Å². The van der Waals surface area contributed by atoms with E-state index < -0.39 is 0 Å². The van der Waals surface area contributed by atoms with E-state index in [-0.39, 0.29) is 11.9 Å². The summed E-state index contributed by atoms with van der Waals surface area (Å²) >= 11 is 3.29. The molecule has 2 aliphatic rings. The van der Waals surface area contributed by atoms with Crippen LogP contribution in [0.15, 0.2) is 22.8 Å². The quantitative estimate of drug-likeness (QED) is 0.820. The summed E-state index contributed by atoms with van der Waals surface area (Å²) in [5.74, 6) is 0.627. The molecule has 0 aromatic carbocycles. The molecule has 1 amide bonds. The minimum absolute atomic E-state index is 0.0272. The predicted octanol–water partition coefficient (Wildman–Crippen LogP) is 1.92. The van der Waals surface area contributed by atoms with Gasteiger partial charge in [0.2, 0.25) is 5.91 Å². The van der Waals surface area contributed by atoms with Crippen molar-refractivity contribution in [3.63, 3.8) is 0 Å². The molecule has 2 N–H and O–H groups in total. The predicted molar refractivity (Wildman–Crippen MR) is 68.6 cm³/mol. The van der Waals surface area contributed by atoms with Crippen LogP contribution in [-0.2, 0) is 4.79 Å². The second kappa shape index (κ2) is 4.07. The zero-order chi connectivity index (χ0) is 11.9. The van der Waals surface area contributed by atoms with Crippen molar-refractivity contribution >= 4 is 27.7 Å². The highest BCUT2D eigenvalue weighted by molar-refractivity contribution is 9.10. The van der Waals surface area contributed by atoms with Crippen molar-refractivity contribution in [2.24, 2.45) is 5.41 Å². The molecule has 1 aliphatic heterocycles. The molecule has 1 aliphatic carbocycles. The van der Waals surface area contributed by atoms with Crippen LogP contribution in [-0.4, -0.2) is 23.5 Å². The van der Waals surface area contributed by atoms with Gasteiger partial charge < -0.3 is 10.6 Å². The fourth-order valence-corrected chi connectivity index (χ4v) is 2.70. The lowest BCUT2D eigenvalue weighted by Gasteiger charge is -2.10. The summed E-state index contributed by atoms with van der Waals surface area (Å²) in [6.45, 7) is 0.983. The Morgan fingerprint density at radius 1 is 1.53 bits per heavy atom. The molecule has 5 heteroatoms. The van der Waals surface area contributed by atoms with Gasteiger partial charge in [-0.1, -0.05) is 6.07 Å². The maximum Gasteiger partial charge on any atom is 0.242 e. The molecular formula is C12H14BrN3O. The second-order valence-corrected chi connectivity index (χ2v) is 5.78. The van der Waals surface area contributed by atoms with Gasteiger partial charge in [0.15, 0.2) is 0 Å². The van der Waals surface area contributed by atoms with Crippen LogP contribution in [0.2, 0.25) is 0 Å². The molecule has 0 bridgehead atoms. The number of nitrogens with one attached hydrogen (secondary N) is 2. The van der Waals surface area contributed by atoms with Crippen LogP contribution in [0.4, 0.5) is 5.82 Å². The molecule has 1 saturated carbocycles. The average Bonchev–Trinajstić information content (AvgIpc) is 2.88. The zero-order valence-electron chi connectivity index (χ0n) is 9.37. The van der Waals surface area contributed by atoms with Crippen LogP contribution < -0.4 is 10.6 Å². The molecule has 3 rings (SSSR count). The highest BCUT2D eigenvalue weighted by Gasteiger charge is 2.49. The summed E-state index contributed by atoms with van der Waals surface area (Å²) in [6, 6.07) is 5.43. The van der Waals surface area contributed by atoms with Crippen molar-refractivity contribution in [1.29, 1.82) is 0 Å². The Morgan fingerprint density at radius 2 is 2.35 bits per heavy atom. The van der Waals surface area contributed by atoms with Gasteiger partial charge in [0.25, 0.3) is 0 Å². The van der Waals surface area contributed by atoms with Gasteiger partial charge in [0, 0.05) is 6.54 Å². The van der Waals surface area contributed by atoms with Crippen molar-refractivity contribution in [3.8, 4) is 0 Å². The Kier molecular flexibility index (Phi) is 2.67. The number of halogens is 1. The number of anilines is 1. The van der Waals surface area contributed by atoms with Gasteiger partial charge >= 0.3 is 0 Å². The first kappa shape index (κ1) is 11.2. The third kappa shape index (κ3) is 2.35. The van der Waals surface area contributed by atoms with Gasteiger partial charge in [0.05, 0.1) is 6.04 Å². The van der Waals surface area contributed by atoms with Crippen molar-refractivity contribution < 1.29 is 4.79 Å². The molecule has 1 aromatic rings. The first-order valence-electron chi connectivity index (χ1n) is 5.84. The van der Waals surface area contributed by atoms with Crippen molar-refractivity contribution in [2.75, 3.05) is 11.9 Å². The number of aromatic nitrogens is 1. The molecule has 90 valence electrons. The highest BCUT2D eigenvalue weighted by Crippen LogP contribution is 2.51. The number of carbonyl (C=O) groups is 1. The number of amides is 1. The molecule has 2 heterocycles. The standard InChI is InChI=1S/C12H14BrN3O/c13-9-2-1-3-10(15-9)16-11(17)8-6-12(4-5-12)7-14-8/h1-3,8,14H,4-7H2,(H,15,16,17)/t8-/m0/s1. The van der Waals surface area contributed by atoms with E-state index in [0.717, 1.165) is 17.6 Å². The van der Waals surface area contributed by atoms with Crippen LogP contribution in [0, 0.1) is 5.41 Å². The molecule has 1 aromatic heterocycles. The fraction of sp³-hybridized carbons (Fsp3) is 0.500. The van der Waals surface area contributed by atoms with E-state index in [9.17, 15) is 4.79 Å². The molecule has 17 heavy (non-hydrogen) atoms. The molecular weight excluding hydrogens is 282 g/mol. The van der Waals surface area contributed by atoms with Crippen LogP contribution in [0.5, 0.6) is 0 Å². The van der Waals surface area contributed by atoms with Gasteiger partial charge in [-0.05, 0) is 52.7 Å². The van der Waals surface area contributed by atoms with Crippen molar-refractivity contribution in [3.05, 3.63) is 22.8 Å². The van der Waals surface area contributed by atoms with E-state index in [4.69, 9.17) is 0 Å². The van der Waals surface area contributed by atoms with Gasteiger partial charge in [-0.25, -0.2) is 4.98 Å². The molecule has 2 fully saturated rings.